The normalized spacial score (nSPS) is 12.2. The van der Waals surface area contributed by atoms with Gasteiger partial charge in [0.2, 0.25) is 0 Å². The Kier molecular flexibility index (Phi) is 5.77. The van der Waals surface area contributed by atoms with Crippen molar-refractivity contribution in [3.63, 3.8) is 0 Å². The van der Waals surface area contributed by atoms with Gasteiger partial charge < -0.3 is 14.2 Å². The predicted molar refractivity (Wildman–Crippen MR) is 83.1 cm³/mol. The van der Waals surface area contributed by atoms with Crippen LogP contribution in [-0.2, 0) is 17.9 Å². The highest BCUT2D eigenvalue weighted by Crippen LogP contribution is 2.20. The summed E-state index contributed by atoms with van der Waals surface area (Å²) in [5.74, 6) is 3.06. The zero-order valence-electron chi connectivity index (χ0n) is 13.6. The van der Waals surface area contributed by atoms with E-state index >= 15 is 0 Å². The van der Waals surface area contributed by atoms with Gasteiger partial charge in [0.05, 0.1) is 7.11 Å². The van der Waals surface area contributed by atoms with E-state index < -0.39 is 0 Å². The van der Waals surface area contributed by atoms with Crippen LogP contribution < -0.4 is 9.47 Å². The Labute approximate surface area is 131 Å². The zero-order valence-corrected chi connectivity index (χ0v) is 13.6. The number of aromatic nitrogens is 3. The number of aryl methyl sites for hydroxylation is 1. The molecule has 0 aliphatic carbocycles. The van der Waals surface area contributed by atoms with Crippen molar-refractivity contribution in [3.8, 4) is 11.5 Å². The lowest BCUT2D eigenvalue weighted by atomic mass is 10.2. The molecule has 1 aromatic heterocycles. The summed E-state index contributed by atoms with van der Waals surface area (Å²) < 4.78 is 18.2. The van der Waals surface area contributed by atoms with Crippen LogP contribution in [0.15, 0.2) is 24.3 Å². The Balaban J connectivity index is 2.06. The third kappa shape index (κ3) is 3.76. The number of rotatable bonds is 8. The van der Waals surface area contributed by atoms with Crippen LogP contribution in [0.4, 0.5) is 0 Å². The topological polar surface area (TPSA) is 58.4 Å². The van der Waals surface area contributed by atoms with E-state index in [1.165, 1.54) is 0 Å². The largest absolute Gasteiger partial charge is 0.497 e. The van der Waals surface area contributed by atoms with Crippen molar-refractivity contribution >= 4 is 0 Å². The van der Waals surface area contributed by atoms with Crippen LogP contribution in [0.2, 0.25) is 0 Å². The molecule has 0 saturated carbocycles. The number of nitrogens with zero attached hydrogens (tertiary/aromatic N) is 3. The molecule has 0 aliphatic rings. The maximum absolute atomic E-state index is 5.72. The summed E-state index contributed by atoms with van der Waals surface area (Å²) in [5, 5.41) is 4.47. The molecule has 0 radical (unpaired) electrons. The van der Waals surface area contributed by atoms with Gasteiger partial charge >= 0.3 is 0 Å². The maximum Gasteiger partial charge on any atom is 0.188 e. The summed E-state index contributed by atoms with van der Waals surface area (Å²) in [6, 6.07) is 7.44. The van der Waals surface area contributed by atoms with Crippen LogP contribution in [0.3, 0.4) is 0 Å². The summed E-state index contributed by atoms with van der Waals surface area (Å²) in [4.78, 5) is 4.55. The Bertz CT molecular complexity index is 577. The molecule has 1 atom stereocenters. The molecule has 0 aliphatic heterocycles. The fourth-order valence-electron chi connectivity index (χ4n) is 2.21. The van der Waals surface area contributed by atoms with Crippen LogP contribution in [-0.4, -0.2) is 29.0 Å². The van der Waals surface area contributed by atoms with Gasteiger partial charge in [-0.15, -0.1) is 0 Å². The highest BCUT2D eigenvalue weighted by atomic mass is 16.5. The molecule has 2 aromatic rings. The first-order valence-corrected chi connectivity index (χ1v) is 7.45. The lowest BCUT2D eigenvalue weighted by Gasteiger charge is -2.12. The summed E-state index contributed by atoms with van der Waals surface area (Å²) in [7, 11) is 3.33. The lowest BCUT2D eigenvalue weighted by molar-refractivity contribution is 0.0885. The van der Waals surface area contributed by atoms with Crippen LogP contribution >= 0.6 is 0 Å². The van der Waals surface area contributed by atoms with Crippen molar-refractivity contribution in [1.82, 2.24) is 14.8 Å². The summed E-state index contributed by atoms with van der Waals surface area (Å²) in [6.45, 7) is 5.18. The van der Waals surface area contributed by atoms with Gasteiger partial charge in [-0.3, -0.25) is 0 Å². The van der Waals surface area contributed by atoms with E-state index in [2.05, 4.69) is 17.0 Å². The van der Waals surface area contributed by atoms with Gasteiger partial charge in [0.1, 0.15) is 24.2 Å². The monoisotopic (exact) mass is 305 g/mol. The molecular weight excluding hydrogens is 282 g/mol. The summed E-state index contributed by atoms with van der Waals surface area (Å²) in [6.07, 6.45) is 0.815. The van der Waals surface area contributed by atoms with E-state index in [0.29, 0.717) is 12.4 Å². The minimum absolute atomic E-state index is 0.0396. The van der Waals surface area contributed by atoms with Crippen molar-refractivity contribution in [2.45, 2.75) is 39.5 Å². The second kappa shape index (κ2) is 7.79. The molecule has 0 spiro atoms. The molecule has 1 aromatic carbocycles. The van der Waals surface area contributed by atoms with Crippen molar-refractivity contribution in [2.24, 2.45) is 0 Å². The highest BCUT2D eigenvalue weighted by molar-refractivity contribution is 5.31. The Hall–Kier alpha value is -2.08. The third-order valence-electron chi connectivity index (χ3n) is 3.41. The Morgan fingerprint density at radius 3 is 2.32 bits per heavy atom. The van der Waals surface area contributed by atoms with Gasteiger partial charge in [-0.05, 0) is 37.6 Å². The number of ether oxygens (including phenoxy) is 3. The summed E-state index contributed by atoms with van der Waals surface area (Å²) >= 11 is 0. The van der Waals surface area contributed by atoms with Gasteiger partial charge in [0.15, 0.2) is 11.6 Å². The number of hydrogen-bond donors (Lipinski definition) is 0. The molecule has 1 heterocycles. The van der Waals surface area contributed by atoms with Gasteiger partial charge in [-0.25, -0.2) is 9.67 Å². The molecular formula is C16H23N3O3. The van der Waals surface area contributed by atoms with E-state index in [4.69, 9.17) is 14.2 Å². The maximum atomic E-state index is 5.72. The number of methoxy groups -OCH3 is 2. The second-order valence-corrected chi connectivity index (χ2v) is 4.80. The average Bonchev–Trinajstić information content (AvgIpc) is 2.98. The molecule has 2 rings (SSSR count). The SMILES string of the molecule is CCC(OC)c1nc(COc2ccc(OC)cc2)nn1CC. The number of benzene rings is 1. The standard InChI is InChI=1S/C16H23N3O3/c1-5-14(21-4)16-17-15(18-19(16)6-2)11-22-13-9-7-12(20-3)8-10-13/h7-10,14H,5-6,11H2,1-4H3. The van der Waals surface area contributed by atoms with E-state index in [1.807, 2.05) is 35.9 Å². The molecule has 22 heavy (non-hydrogen) atoms. The van der Waals surface area contributed by atoms with Crippen LogP contribution in [0.1, 0.15) is 38.0 Å². The molecule has 6 nitrogen and oxygen atoms in total. The van der Waals surface area contributed by atoms with Crippen LogP contribution in [0.5, 0.6) is 11.5 Å². The van der Waals surface area contributed by atoms with Crippen LogP contribution in [0.25, 0.3) is 0 Å². The average molecular weight is 305 g/mol. The van der Waals surface area contributed by atoms with Gasteiger partial charge in [-0.2, -0.15) is 5.10 Å². The molecule has 0 fully saturated rings. The molecule has 0 N–H and O–H groups in total. The van der Waals surface area contributed by atoms with Crippen molar-refractivity contribution in [2.75, 3.05) is 14.2 Å². The molecule has 0 bridgehead atoms. The van der Waals surface area contributed by atoms with Crippen molar-refractivity contribution in [1.29, 1.82) is 0 Å². The molecule has 6 heteroatoms. The Morgan fingerprint density at radius 1 is 1.09 bits per heavy atom. The third-order valence-corrected chi connectivity index (χ3v) is 3.41. The fourth-order valence-corrected chi connectivity index (χ4v) is 2.21. The smallest absolute Gasteiger partial charge is 0.188 e. The highest BCUT2D eigenvalue weighted by Gasteiger charge is 2.17. The summed E-state index contributed by atoms with van der Waals surface area (Å²) in [5.41, 5.74) is 0. The van der Waals surface area contributed by atoms with E-state index in [-0.39, 0.29) is 6.10 Å². The van der Waals surface area contributed by atoms with E-state index in [9.17, 15) is 0 Å². The fraction of sp³-hybridized carbons (Fsp3) is 0.500. The second-order valence-electron chi connectivity index (χ2n) is 4.80. The van der Waals surface area contributed by atoms with Gasteiger partial charge in [-0.1, -0.05) is 6.92 Å². The molecule has 0 amide bonds. The van der Waals surface area contributed by atoms with Crippen molar-refractivity contribution < 1.29 is 14.2 Å². The zero-order chi connectivity index (χ0) is 15.9. The molecule has 0 saturated heterocycles. The van der Waals surface area contributed by atoms with E-state index in [1.54, 1.807) is 14.2 Å². The Morgan fingerprint density at radius 2 is 1.77 bits per heavy atom. The number of hydrogen-bond acceptors (Lipinski definition) is 5. The minimum Gasteiger partial charge on any atom is -0.497 e. The molecule has 120 valence electrons. The van der Waals surface area contributed by atoms with Gasteiger partial charge in [0.25, 0.3) is 0 Å². The van der Waals surface area contributed by atoms with E-state index in [0.717, 1.165) is 30.3 Å². The first kappa shape index (κ1) is 16.3. The first-order chi connectivity index (χ1) is 10.7. The minimum atomic E-state index is -0.0396. The van der Waals surface area contributed by atoms with Crippen LogP contribution in [0, 0.1) is 0 Å². The van der Waals surface area contributed by atoms with Gasteiger partial charge in [0, 0.05) is 13.7 Å². The van der Waals surface area contributed by atoms with Crippen molar-refractivity contribution in [3.05, 3.63) is 35.9 Å². The molecule has 1 unspecified atom stereocenters. The first-order valence-electron chi connectivity index (χ1n) is 7.45. The predicted octanol–water partition coefficient (Wildman–Crippen LogP) is 2.98. The quantitative estimate of drug-likeness (QED) is 0.750. The lowest BCUT2D eigenvalue weighted by Crippen LogP contribution is -2.10.